The van der Waals surface area contributed by atoms with Crippen LogP contribution in [-0.4, -0.2) is 61.4 Å². The number of aromatic hydroxyl groups is 1. The van der Waals surface area contributed by atoms with Gasteiger partial charge in [0.15, 0.2) is 11.6 Å². The number of halogens is 3. The number of ether oxygens (including phenoxy) is 2. The molecule has 8 rings (SSSR count). The summed E-state index contributed by atoms with van der Waals surface area (Å²) in [5.74, 6) is 0.107. The Kier molecular flexibility index (Phi) is 6.48. The van der Waals surface area contributed by atoms with E-state index in [0.717, 1.165) is 38.8 Å². The lowest BCUT2D eigenvalue weighted by Crippen LogP contribution is -2.43. The maximum absolute atomic E-state index is 16.8. The standard InChI is InChI=1S/C34H28F3N5O3/c1-2-22-25(35)6-5-19-13-21(43)15-23(27(19)22)29-28(37)30-24(16-38-29)31(32-26(36)14-20-17-44-12-11-42(20)32)40-33(39-30)45-18-34-7-3-9-41(34)10-4-8-34/h1,5-6,13-16,43H,3-4,7-12,17-18H2. The zero-order valence-electron chi connectivity index (χ0n) is 24.2. The molecule has 11 heteroatoms. The van der Waals surface area contributed by atoms with Crippen molar-refractivity contribution in [1.82, 2.24) is 24.4 Å². The molecule has 0 saturated carbocycles. The highest BCUT2D eigenvalue weighted by atomic mass is 19.1. The Morgan fingerprint density at radius 3 is 2.64 bits per heavy atom. The van der Waals surface area contributed by atoms with E-state index >= 15 is 8.78 Å². The molecule has 8 nitrogen and oxygen atoms in total. The molecule has 0 radical (unpaired) electrons. The van der Waals surface area contributed by atoms with Gasteiger partial charge in [0.05, 0.1) is 24.3 Å². The first-order valence-electron chi connectivity index (χ1n) is 15.0. The van der Waals surface area contributed by atoms with Gasteiger partial charge in [-0.1, -0.05) is 12.0 Å². The van der Waals surface area contributed by atoms with E-state index in [-0.39, 0.29) is 68.4 Å². The summed E-state index contributed by atoms with van der Waals surface area (Å²) in [6.07, 6.45) is 11.1. The van der Waals surface area contributed by atoms with Gasteiger partial charge < -0.3 is 19.1 Å². The van der Waals surface area contributed by atoms with Gasteiger partial charge in [-0.25, -0.2) is 13.2 Å². The highest BCUT2D eigenvalue weighted by molar-refractivity contribution is 6.03. The van der Waals surface area contributed by atoms with Crippen LogP contribution in [0.3, 0.4) is 0 Å². The van der Waals surface area contributed by atoms with Crippen molar-refractivity contribution in [2.45, 2.75) is 44.4 Å². The molecule has 5 aromatic rings. The Bertz CT molecular complexity index is 2060. The second-order valence-corrected chi connectivity index (χ2v) is 11.9. The van der Waals surface area contributed by atoms with Crippen LogP contribution >= 0.6 is 0 Å². The lowest BCUT2D eigenvalue weighted by molar-refractivity contribution is 0.0855. The largest absolute Gasteiger partial charge is 0.508 e. The van der Waals surface area contributed by atoms with Gasteiger partial charge in [-0.15, -0.1) is 6.42 Å². The number of hydrogen-bond donors (Lipinski definition) is 1. The molecule has 0 amide bonds. The van der Waals surface area contributed by atoms with Crippen molar-refractivity contribution < 1.29 is 27.8 Å². The molecule has 0 aliphatic carbocycles. The quantitative estimate of drug-likeness (QED) is 0.246. The van der Waals surface area contributed by atoms with Crippen LogP contribution in [0.5, 0.6) is 11.8 Å². The first kappa shape index (κ1) is 27.9. The summed E-state index contributed by atoms with van der Waals surface area (Å²) in [7, 11) is 0. The van der Waals surface area contributed by atoms with Crippen molar-refractivity contribution in [1.29, 1.82) is 0 Å². The van der Waals surface area contributed by atoms with Crippen molar-refractivity contribution in [3.8, 4) is 46.7 Å². The summed E-state index contributed by atoms with van der Waals surface area (Å²) in [5.41, 5.74) is 0.462. The van der Waals surface area contributed by atoms with E-state index in [0.29, 0.717) is 30.8 Å². The Morgan fingerprint density at radius 2 is 1.84 bits per heavy atom. The fourth-order valence-corrected chi connectivity index (χ4v) is 7.40. The van der Waals surface area contributed by atoms with Gasteiger partial charge in [0, 0.05) is 34.8 Å². The SMILES string of the molecule is C#Cc1c(F)ccc2cc(O)cc(-c3ncc4c(-c5c(F)cc6n5CCOC6)nc(OCC56CCCN5CCC6)nc4c3F)c12. The summed E-state index contributed by atoms with van der Waals surface area (Å²) < 4.78 is 60.8. The molecule has 2 aromatic carbocycles. The minimum Gasteiger partial charge on any atom is -0.508 e. The van der Waals surface area contributed by atoms with Crippen LogP contribution < -0.4 is 4.74 Å². The number of fused-ring (bicyclic) bond motifs is 4. The van der Waals surface area contributed by atoms with E-state index in [4.69, 9.17) is 15.9 Å². The molecule has 0 bridgehead atoms. The maximum Gasteiger partial charge on any atom is 0.317 e. The topological polar surface area (TPSA) is 85.5 Å². The van der Waals surface area contributed by atoms with E-state index in [9.17, 15) is 9.50 Å². The minimum absolute atomic E-state index is 0.0835. The third-order valence-electron chi connectivity index (χ3n) is 9.47. The second kappa shape index (κ2) is 10.5. The molecule has 228 valence electrons. The molecule has 6 heterocycles. The van der Waals surface area contributed by atoms with E-state index in [1.54, 1.807) is 4.57 Å². The predicted molar refractivity (Wildman–Crippen MR) is 161 cm³/mol. The van der Waals surface area contributed by atoms with E-state index in [2.05, 4.69) is 25.8 Å². The van der Waals surface area contributed by atoms with Crippen LogP contribution in [0.2, 0.25) is 0 Å². The van der Waals surface area contributed by atoms with Crippen LogP contribution in [0.1, 0.15) is 36.9 Å². The Balaban J connectivity index is 1.34. The zero-order chi connectivity index (χ0) is 30.9. The molecule has 3 aliphatic heterocycles. The van der Waals surface area contributed by atoms with Gasteiger partial charge in [-0.05, 0) is 68.4 Å². The summed E-state index contributed by atoms with van der Waals surface area (Å²) in [4.78, 5) is 16.0. The number of rotatable bonds is 5. The van der Waals surface area contributed by atoms with Gasteiger partial charge in [-0.2, -0.15) is 9.97 Å². The Hall–Kier alpha value is -4.66. The average Bonchev–Trinajstić information content (AvgIpc) is 3.72. The van der Waals surface area contributed by atoms with Gasteiger partial charge >= 0.3 is 6.01 Å². The fourth-order valence-electron chi connectivity index (χ4n) is 7.40. The molecule has 2 fully saturated rings. The number of aromatic nitrogens is 4. The number of hydrogen-bond acceptors (Lipinski definition) is 7. The smallest absolute Gasteiger partial charge is 0.317 e. The number of nitrogens with zero attached hydrogens (tertiary/aromatic N) is 5. The van der Waals surface area contributed by atoms with Crippen molar-refractivity contribution in [2.75, 3.05) is 26.3 Å². The number of pyridine rings is 1. The summed E-state index contributed by atoms with van der Waals surface area (Å²) in [6.45, 7) is 3.32. The molecule has 0 spiro atoms. The lowest BCUT2D eigenvalue weighted by atomic mass is 9.95. The normalized spacial score (nSPS) is 17.5. The summed E-state index contributed by atoms with van der Waals surface area (Å²) in [6, 6.07) is 6.67. The average molecular weight is 612 g/mol. The minimum atomic E-state index is -0.865. The third-order valence-corrected chi connectivity index (χ3v) is 9.47. The predicted octanol–water partition coefficient (Wildman–Crippen LogP) is 5.96. The van der Waals surface area contributed by atoms with Crippen molar-refractivity contribution >= 4 is 21.7 Å². The van der Waals surface area contributed by atoms with Crippen LogP contribution in [0.25, 0.3) is 44.3 Å². The molecule has 1 N–H and O–H groups in total. The molecule has 3 aromatic heterocycles. The molecule has 2 saturated heterocycles. The van der Waals surface area contributed by atoms with Gasteiger partial charge in [0.25, 0.3) is 0 Å². The number of benzene rings is 2. The number of terminal acetylenes is 1. The van der Waals surface area contributed by atoms with Crippen LogP contribution in [0.15, 0.2) is 36.5 Å². The van der Waals surface area contributed by atoms with E-state index in [1.165, 1.54) is 36.5 Å². The van der Waals surface area contributed by atoms with Crippen LogP contribution in [0.4, 0.5) is 13.2 Å². The molecule has 3 aliphatic rings. The van der Waals surface area contributed by atoms with Crippen molar-refractivity contribution in [3.05, 3.63) is 65.2 Å². The number of phenols is 1. The maximum atomic E-state index is 16.8. The highest BCUT2D eigenvalue weighted by Gasteiger charge is 2.45. The first-order chi connectivity index (χ1) is 21.9. The zero-order valence-corrected chi connectivity index (χ0v) is 24.2. The molecule has 0 unspecified atom stereocenters. The van der Waals surface area contributed by atoms with Crippen LogP contribution in [-0.2, 0) is 17.9 Å². The number of phenolic OH excluding ortho intramolecular Hbond substituents is 1. The molecular formula is C34H28F3N5O3. The third kappa shape index (κ3) is 4.35. The molecule has 0 atom stereocenters. The van der Waals surface area contributed by atoms with E-state index < -0.39 is 17.5 Å². The lowest BCUT2D eigenvalue weighted by Gasteiger charge is -2.31. The fraction of sp³-hybridized carbons (Fsp3) is 0.324. The van der Waals surface area contributed by atoms with Gasteiger partial charge in [-0.3, -0.25) is 9.88 Å². The highest BCUT2D eigenvalue weighted by Crippen LogP contribution is 2.41. The van der Waals surface area contributed by atoms with Crippen molar-refractivity contribution in [2.24, 2.45) is 0 Å². The van der Waals surface area contributed by atoms with Crippen molar-refractivity contribution in [3.63, 3.8) is 0 Å². The second-order valence-electron chi connectivity index (χ2n) is 11.9. The van der Waals surface area contributed by atoms with Crippen LogP contribution in [0, 0.1) is 29.8 Å². The first-order valence-corrected chi connectivity index (χ1v) is 15.0. The Labute approximate surface area is 256 Å². The van der Waals surface area contributed by atoms with Gasteiger partial charge in [0.2, 0.25) is 0 Å². The summed E-state index contributed by atoms with van der Waals surface area (Å²) in [5, 5.41) is 11.3. The summed E-state index contributed by atoms with van der Waals surface area (Å²) >= 11 is 0. The van der Waals surface area contributed by atoms with Gasteiger partial charge in [0.1, 0.15) is 40.8 Å². The van der Waals surface area contributed by atoms with E-state index in [1.807, 2.05) is 0 Å². The molecule has 45 heavy (non-hydrogen) atoms. The molecular weight excluding hydrogens is 583 g/mol. The monoisotopic (exact) mass is 611 g/mol. The Morgan fingerprint density at radius 1 is 1.02 bits per heavy atom.